The molecule has 1 saturated heterocycles. The predicted octanol–water partition coefficient (Wildman–Crippen LogP) is 2.46. The van der Waals surface area contributed by atoms with Gasteiger partial charge in [0.15, 0.2) is 0 Å². The number of piperidine rings is 1. The smallest absolute Gasteiger partial charge is 0.223 e. The summed E-state index contributed by atoms with van der Waals surface area (Å²) in [6.45, 7) is 3.83. The Kier molecular flexibility index (Phi) is 4.74. The fourth-order valence-corrected chi connectivity index (χ4v) is 3.31. The number of aryl methyl sites for hydroxylation is 3. The van der Waals surface area contributed by atoms with Crippen molar-refractivity contribution in [3.63, 3.8) is 0 Å². The minimum absolute atomic E-state index is 0.227. The van der Waals surface area contributed by atoms with Crippen molar-refractivity contribution in [2.75, 3.05) is 13.1 Å². The van der Waals surface area contributed by atoms with Crippen LogP contribution in [0.2, 0.25) is 0 Å². The average Bonchev–Trinajstić information content (AvgIpc) is 2.98. The van der Waals surface area contributed by atoms with Crippen LogP contribution in [0.15, 0.2) is 30.6 Å². The molecule has 1 amide bonds. The molecule has 0 spiro atoms. The van der Waals surface area contributed by atoms with Crippen molar-refractivity contribution in [1.82, 2.24) is 19.7 Å². The summed E-state index contributed by atoms with van der Waals surface area (Å²) in [6.07, 6.45) is 5.08. The molecular weight excluding hydrogens is 288 g/mol. The van der Waals surface area contributed by atoms with Crippen LogP contribution >= 0.6 is 0 Å². The van der Waals surface area contributed by atoms with Crippen LogP contribution in [0, 0.1) is 6.92 Å². The van der Waals surface area contributed by atoms with Crippen LogP contribution in [0.5, 0.6) is 0 Å². The van der Waals surface area contributed by atoms with Crippen molar-refractivity contribution < 1.29 is 4.79 Å². The number of benzene rings is 1. The van der Waals surface area contributed by atoms with Crippen molar-refractivity contribution in [2.24, 2.45) is 7.05 Å². The molecule has 0 bridgehead atoms. The highest BCUT2D eigenvalue weighted by Crippen LogP contribution is 2.27. The van der Waals surface area contributed by atoms with E-state index in [1.165, 1.54) is 11.1 Å². The summed E-state index contributed by atoms with van der Waals surface area (Å²) in [5.74, 6) is 1.55. The third-order valence-electron chi connectivity index (χ3n) is 4.66. The van der Waals surface area contributed by atoms with Gasteiger partial charge in [-0.2, -0.15) is 0 Å². The first kappa shape index (κ1) is 15.7. The number of aromatic nitrogens is 3. The Morgan fingerprint density at radius 1 is 1.39 bits per heavy atom. The van der Waals surface area contributed by atoms with E-state index >= 15 is 0 Å². The molecular formula is C18H24N4O. The SMILES string of the molecule is Cc1cccc([C@@H]2CCCN(C(=O)CCc3nncn3C)C2)c1. The molecule has 1 aromatic heterocycles. The van der Waals surface area contributed by atoms with Crippen molar-refractivity contribution in [3.05, 3.63) is 47.5 Å². The molecule has 0 unspecified atom stereocenters. The van der Waals surface area contributed by atoms with Gasteiger partial charge in [-0.3, -0.25) is 4.79 Å². The Morgan fingerprint density at radius 3 is 3.00 bits per heavy atom. The van der Waals surface area contributed by atoms with Crippen LogP contribution in [-0.2, 0) is 18.3 Å². The first-order valence-electron chi connectivity index (χ1n) is 8.30. The number of nitrogens with zero attached hydrogens (tertiary/aromatic N) is 4. The van der Waals surface area contributed by atoms with Crippen molar-refractivity contribution in [3.8, 4) is 0 Å². The van der Waals surface area contributed by atoms with E-state index in [4.69, 9.17) is 0 Å². The van der Waals surface area contributed by atoms with Gasteiger partial charge in [-0.05, 0) is 25.3 Å². The molecule has 0 radical (unpaired) electrons. The second-order valence-electron chi connectivity index (χ2n) is 6.45. The molecule has 1 aliphatic rings. The normalized spacial score (nSPS) is 18.2. The van der Waals surface area contributed by atoms with Crippen molar-refractivity contribution in [1.29, 1.82) is 0 Å². The average molecular weight is 312 g/mol. The second kappa shape index (κ2) is 6.94. The number of hydrogen-bond donors (Lipinski definition) is 0. The Balaban J connectivity index is 1.59. The Morgan fingerprint density at radius 2 is 2.26 bits per heavy atom. The third kappa shape index (κ3) is 3.78. The molecule has 5 heteroatoms. The first-order chi connectivity index (χ1) is 11.1. The van der Waals surface area contributed by atoms with Gasteiger partial charge >= 0.3 is 0 Å². The minimum Gasteiger partial charge on any atom is -0.342 e. The van der Waals surface area contributed by atoms with E-state index in [1.54, 1.807) is 6.33 Å². The van der Waals surface area contributed by atoms with E-state index in [-0.39, 0.29) is 5.91 Å². The molecule has 3 rings (SSSR count). The zero-order chi connectivity index (χ0) is 16.2. The van der Waals surface area contributed by atoms with E-state index in [1.807, 2.05) is 16.5 Å². The zero-order valence-corrected chi connectivity index (χ0v) is 13.9. The molecule has 1 aromatic carbocycles. The maximum absolute atomic E-state index is 12.5. The molecule has 0 aliphatic carbocycles. The molecule has 1 aliphatic heterocycles. The van der Waals surface area contributed by atoms with E-state index in [2.05, 4.69) is 41.4 Å². The molecule has 2 heterocycles. The van der Waals surface area contributed by atoms with Gasteiger partial charge in [-0.1, -0.05) is 29.8 Å². The topological polar surface area (TPSA) is 51.0 Å². The van der Waals surface area contributed by atoms with Crippen LogP contribution in [0.25, 0.3) is 0 Å². The molecule has 122 valence electrons. The molecule has 23 heavy (non-hydrogen) atoms. The van der Waals surface area contributed by atoms with Gasteiger partial charge in [0.1, 0.15) is 12.2 Å². The Bertz CT molecular complexity index is 679. The van der Waals surface area contributed by atoms with Crippen LogP contribution in [0.3, 0.4) is 0 Å². The maximum Gasteiger partial charge on any atom is 0.223 e. The van der Waals surface area contributed by atoms with Gasteiger partial charge in [0.25, 0.3) is 0 Å². The lowest BCUT2D eigenvalue weighted by molar-refractivity contribution is -0.132. The van der Waals surface area contributed by atoms with Gasteiger partial charge in [0.05, 0.1) is 0 Å². The van der Waals surface area contributed by atoms with E-state index in [0.717, 1.165) is 31.8 Å². The lowest BCUT2D eigenvalue weighted by atomic mass is 9.89. The first-order valence-corrected chi connectivity index (χ1v) is 8.30. The molecule has 0 N–H and O–H groups in total. The minimum atomic E-state index is 0.227. The highest BCUT2D eigenvalue weighted by atomic mass is 16.2. The predicted molar refractivity (Wildman–Crippen MR) is 89.1 cm³/mol. The molecule has 1 atom stereocenters. The fraction of sp³-hybridized carbons (Fsp3) is 0.500. The van der Waals surface area contributed by atoms with Gasteiger partial charge < -0.3 is 9.47 Å². The molecule has 5 nitrogen and oxygen atoms in total. The van der Waals surface area contributed by atoms with Crippen LogP contribution in [0.1, 0.15) is 42.1 Å². The summed E-state index contributed by atoms with van der Waals surface area (Å²) in [6, 6.07) is 8.67. The van der Waals surface area contributed by atoms with E-state index in [0.29, 0.717) is 18.8 Å². The number of likely N-dealkylation sites (tertiary alicyclic amines) is 1. The Hall–Kier alpha value is -2.17. The number of amides is 1. The molecule has 2 aromatic rings. The summed E-state index contributed by atoms with van der Waals surface area (Å²) in [5, 5.41) is 7.91. The summed E-state index contributed by atoms with van der Waals surface area (Å²) in [5.41, 5.74) is 2.64. The zero-order valence-electron chi connectivity index (χ0n) is 13.9. The summed E-state index contributed by atoms with van der Waals surface area (Å²) in [4.78, 5) is 14.5. The quantitative estimate of drug-likeness (QED) is 0.871. The van der Waals surface area contributed by atoms with Crippen LogP contribution < -0.4 is 0 Å². The van der Waals surface area contributed by atoms with E-state index in [9.17, 15) is 4.79 Å². The van der Waals surface area contributed by atoms with E-state index < -0.39 is 0 Å². The summed E-state index contributed by atoms with van der Waals surface area (Å²) >= 11 is 0. The second-order valence-corrected chi connectivity index (χ2v) is 6.45. The molecule has 0 saturated carbocycles. The lowest BCUT2D eigenvalue weighted by Gasteiger charge is -2.33. The third-order valence-corrected chi connectivity index (χ3v) is 4.66. The van der Waals surface area contributed by atoms with Gasteiger partial charge in [0.2, 0.25) is 5.91 Å². The summed E-state index contributed by atoms with van der Waals surface area (Å²) < 4.78 is 1.87. The molecule has 1 fully saturated rings. The van der Waals surface area contributed by atoms with Crippen LogP contribution in [0.4, 0.5) is 0 Å². The number of carbonyl (C=O) groups is 1. The number of rotatable bonds is 4. The van der Waals surface area contributed by atoms with Gasteiger partial charge in [0, 0.05) is 38.9 Å². The van der Waals surface area contributed by atoms with Gasteiger partial charge in [-0.15, -0.1) is 10.2 Å². The Labute approximate surface area is 137 Å². The fourth-order valence-electron chi connectivity index (χ4n) is 3.31. The van der Waals surface area contributed by atoms with Crippen molar-refractivity contribution >= 4 is 5.91 Å². The van der Waals surface area contributed by atoms with Gasteiger partial charge in [-0.25, -0.2) is 0 Å². The number of hydrogen-bond acceptors (Lipinski definition) is 3. The highest BCUT2D eigenvalue weighted by Gasteiger charge is 2.24. The van der Waals surface area contributed by atoms with Crippen LogP contribution in [-0.4, -0.2) is 38.7 Å². The monoisotopic (exact) mass is 312 g/mol. The number of carbonyl (C=O) groups excluding carboxylic acids is 1. The lowest BCUT2D eigenvalue weighted by Crippen LogP contribution is -2.39. The van der Waals surface area contributed by atoms with Crippen molar-refractivity contribution in [2.45, 2.75) is 38.5 Å². The highest BCUT2D eigenvalue weighted by molar-refractivity contribution is 5.76. The maximum atomic E-state index is 12.5. The summed E-state index contributed by atoms with van der Waals surface area (Å²) in [7, 11) is 1.91. The standard InChI is InChI=1S/C18H24N4O/c1-14-5-3-6-15(11-14)16-7-4-10-22(12-16)18(23)9-8-17-20-19-13-21(17)2/h3,5-6,11,13,16H,4,7-10,12H2,1-2H3/t16-/m1/s1. The largest absolute Gasteiger partial charge is 0.342 e.